The largest absolute Gasteiger partial charge is 0.319 e. The zero-order valence-corrected chi connectivity index (χ0v) is 11.1. The van der Waals surface area contributed by atoms with Crippen LogP contribution in [0.2, 0.25) is 0 Å². The quantitative estimate of drug-likeness (QED) is 0.772. The van der Waals surface area contributed by atoms with Crippen LogP contribution in [0, 0.1) is 0 Å². The summed E-state index contributed by atoms with van der Waals surface area (Å²) in [5.74, 6) is 0. The molecule has 0 heterocycles. The molecule has 0 aliphatic rings. The van der Waals surface area contributed by atoms with Crippen LogP contribution < -0.4 is 5.32 Å². The van der Waals surface area contributed by atoms with Crippen LogP contribution in [0.5, 0.6) is 0 Å². The summed E-state index contributed by atoms with van der Waals surface area (Å²) in [6.07, 6.45) is 3.50. The van der Waals surface area contributed by atoms with Crippen molar-refractivity contribution < 1.29 is 0 Å². The zero-order valence-electron chi connectivity index (χ0n) is 11.1. The van der Waals surface area contributed by atoms with E-state index in [0.717, 1.165) is 13.0 Å². The summed E-state index contributed by atoms with van der Waals surface area (Å²) in [6, 6.07) is 9.16. The summed E-state index contributed by atoms with van der Waals surface area (Å²) in [7, 11) is 2.04. The Bertz CT molecular complexity index is 296. The fourth-order valence-corrected chi connectivity index (χ4v) is 2.44. The van der Waals surface area contributed by atoms with Gasteiger partial charge in [-0.15, -0.1) is 0 Å². The number of benzene rings is 1. The smallest absolute Gasteiger partial charge is 0.00724 e. The average molecular weight is 219 g/mol. The van der Waals surface area contributed by atoms with Crippen molar-refractivity contribution >= 4 is 0 Å². The van der Waals surface area contributed by atoms with Crippen LogP contribution in [0.3, 0.4) is 0 Å². The third-order valence-electron chi connectivity index (χ3n) is 3.84. The Morgan fingerprint density at radius 2 is 1.56 bits per heavy atom. The van der Waals surface area contributed by atoms with Gasteiger partial charge in [0.15, 0.2) is 0 Å². The molecule has 1 aromatic rings. The number of hydrogen-bond acceptors (Lipinski definition) is 1. The number of aryl methyl sites for hydroxylation is 1. The summed E-state index contributed by atoms with van der Waals surface area (Å²) in [5, 5.41) is 3.34. The summed E-state index contributed by atoms with van der Waals surface area (Å²) in [6.45, 7) is 7.84. The van der Waals surface area contributed by atoms with Gasteiger partial charge < -0.3 is 5.32 Å². The van der Waals surface area contributed by atoms with Gasteiger partial charge in [0.2, 0.25) is 0 Å². The fraction of sp³-hybridized carbons (Fsp3) is 0.600. The molecule has 0 saturated heterocycles. The maximum Gasteiger partial charge on any atom is 0.00724 e. The summed E-state index contributed by atoms with van der Waals surface area (Å²) in [5.41, 5.74) is 3.21. The average Bonchev–Trinajstić information content (AvgIpc) is 2.36. The van der Waals surface area contributed by atoms with E-state index in [9.17, 15) is 0 Å². The van der Waals surface area contributed by atoms with Crippen molar-refractivity contribution in [1.29, 1.82) is 0 Å². The Labute approximate surface area is 100 Å². The molecule has 1 heteroatoms. The second-order valence-electron chi connectivity index (χ2n) is 4.57. The lowest BCUT2D eigenvalue weighted by atomic mass is 9.75. The van der Waals surface area contributed by atoms with Gasteiger partial charge in [0.05, 0.1) is 0 Å². The zero-order chi connectivity index (χ0) is 12.0. The van der Waals surface area contributed by atoms with Gasteiger partial charge in [0.1, 0.15) is 0 Å². The highest BCUT2D eigenvalue weighted by Gasteiger charge is 2.27. The van der Waals surface area contributed by atoms with Crippen LogP contribution >= 0.6 is 0 Å². The monoisotopic (exact) mass is 219 g/mol. The molecule has 16 heavy (non-hydrogen) atoms. The van der Waals surface area contributed by atoms with Gasteiger partial charge in [-0.25, -0.2) is 0 Å². The first-order valence-electron chi connectivity index (χ1n) is 6.46. The number of nitrogens with one attached hydrogen (secondary N) is 1. The molecule has 0 amide bonds. The predicted molar refractivity (Wildman–Crippen MR) is 72.0 cm³/mol. The Hall–Kier alpha value is -0.820. The molecule has 0 fully saturated rings. The molecule has 0 bridgehead atoms. The maximum absolute atomic E-state index is 3.34. The van der Waals surface area contributed by atoms with Crippen LogP contribution in [-0.2, 0) is 11.8 Å². The van der Waals surface area contributed by atoms with Crippen molar-refractivity contribution in [3.8, 4) is 0 Å². The Morgan fingerprint density at radius 3 is 1.94 bits per heavy atom. The molecule has 0 radical (unpaired) electrons. The molecule has 1 aromatic carbocycles. The van der Waals surface area contributed by atoms with Crippen molar-refractivity contribution in [3.63, 3.8) is 0 Å². The topological polar surface area (TPSA) is 12.0 Å². The molecule has 0 aliphatic heterocycles. The number of likely N-dealkylation sites (N-methyl/N-ethyl adjacent to an activating group) is 1. The highest BCUT2D eigenvalue weighted by molar-refractivity contribution is 5.29. The molecular formula is C15H25N. The second kappa shape index (κ2) is 6.05. The van der Waals surface area contributed by atoms with E-state index < -0.39 is 0 Å². The summed E-state index contributed by atoms with van der Waals surface area (Å²) < 4.78 is 0. The van der Waals surface area contributed by atoms with E-state index in [0.29, 0.717) is 5.41 Å². The van der Waals surface area contributed by atoms with Crippen molar-refractivity contribution in [2.24, 2.45) is 0 Å². The van der Waals surface area contributed by atoms with E-state index in [1.165, 1.54) is 24.0 Å². The predicted octanol–water partition coefficient (Wildman–Crippen LogP) is 3.53. The molecule has 1 rings (SSSR count). The highest BCUT2D eigenvalue weighted by Crippen LogP contribution is 2.31. The first-order chi connectivity index (χ1) is 7.72. The molecule has 0 spiro atoms. The maximum atomic E-state index is 3.34. The first-order valence-corrected chi connectivity index (χ1v) is 6.46. The number of hydrogen-bond donors (Lipinski definition) is 1. The molecule has 1 nitrogen and oxygen atoms in total. The first kappa shape index (κ1) is 13.2. The highest BCUT2D eigenvalue weighted by atomic mass is 14.8. The standard InChI is InChI=1S/C15H25N/c1-5-13-8-10-14(11-9-13)15(6-2,7-3)12-16-4/h8-11,16H,5-7,12H2,1-4H3. The Morgan fingerprint density at radius 1 is 1.00 bits per heavy atom. The minimum atomic E-state index is 0.307. The molecule has 1 N–H and O–H groups in total. The third-order valence-corrected chi connectivity index (χ3v) is 3.84. The third kappa shape index (κ3) is 2.65. The van der Waals surface area contributed by atoms with Crippen molar-refractivity contribution in [1.82, 2.24) is 5.32 Å². The van der Waals surface area contributed by atoms with Crippen LogP contribution in [0.15, 0.2) is 24.3 Å². The Balaban J connectivity index is 3.00. The SMILES string of the molecule is CCc1ccc(C(CC)(CC)CNC)cc1. The van der Waals surface area contributed by atoms with Crippen molar-refractivity contribution in [2.45, 2.75) is 45.4 Å². The molecule has 90 valence electrons. The molecule has 0 unspecified atom stereocenters. The fourth-order valence-electron chi connectivity index (χ4n) is 2.44. The van der Waals surface area contributed by atoms with Gasteiger partial charge in [-0.3, -0.25) is 0 Å². The van der Waals surface area contributed by atoms with Gasteiger partial charge in [-0.1, -0.05) is 45.0 Å². The minimum absolute atomic E-state index is 0.307. The minimum Gasteiger partial charge on any atom is -0.319 e. The van der Waals surface area contributed by atoms with E-state index >= 15 is 0 Å². The van der Waals surface area contributed by atoms with Crippen molar-refractivity contribution in [3.05, 3.63) is 35.4 Å². The summed E-state index contributed by atoms with van der Waals surface area (Å²) in [4.78, 5) is 0. The van der Waals surface area contributed by atoms with E-state index in [4.69, 9.17) is 0 Å². The number of rotatable bonds is 6. The van der Waals surface area contributed by atoms with Crippen LogP contribution in [0.1, 0.15) is 44.7 Å². The van der Waals surface area contributed by atoms with E-state index in [1.807, 2.05) is 7.05 Å². The van der Waals surface area contributed by atoms with Gasteiger partial charge in [0.25, 0.3) is 0 Å². The lowest BCUT2D eigenvalue weighted by molar-refractivity contribution is 0.380. The molecule has 0 aromatic heterocycles. The van der Waals surface area contributed by atoms with E-state index in [1.54, 1.807) is 0 Å². The van der Waals surface area contributed by atoms with E-state index in [-0.39, 0.29) is 0 Å². The molecule has 0 saturated carbocycles. The Kier molecular flexibility index (Phi) is 5.01. The van der Waals surface area contributed by atoms with Crippen LogP contribution in [-0.4, -0.2) is 13.6 Å². The normalized spacial score (nSPS) is 11.8. The molecular weight excluding hydrogens is 194 g/mol. The van der Waals surface area contributed by atoms with Gasteiger partial charge in [-0.2, -0.15) is 0 Å². The second-order valence-corrected chi connectivity index (χ2v) is 4.57. The molecule has 0 aliphatic carbocycles. The van der Waals surface area contributed by atoms with E-state index in [2.05, 4.69) is 50.4 Å². The lowest BCUT2D eigenvalue weighted by Crippen LogP contribution is -2.35. The summed E-state index contributed by atoms with van der Waals surface area (Å²) >= 11 is 0. The van der Waals surface area contributed by atoms with Gasteiger partial charge >= 0.3 is 0 Å². The van der Waals surface area contributed by atoms with Crippen LogP contribution in [0.25, 0.3) is 0 Å². The van der Waals surface area contributed by atoms with Gasteiger partial charge in [0, 0.05) is 12.0 Å². The molecule has 0 atom stereocenters. The van der Waals surface area contributed by atoms with Crippen LogP contribution in [0.4, 0.5) is 0 Å². The lowest BCUT2D eigenvalue weighted by Gasteiger charge is -2.32. The van der Waals surface area contributed by atoms with Gasteiger partial charge in [-0.05, 0) is 37.4 Å². The van der Waals surface area contributed by atoms with Crippen molar-refractivity contribution in [2.75, 3.05) is 13.6 Å².